The monoisotopic (exact) mass is 355 g/mol. The molecule has 0 aliphatic carbocycles. The van der Waals surface area contributed by atoms with Crippen LogP contribution in [0.15, 0.2) is 42.5 Å². The van der Waals surface area contributed by atoms with Crippen molar-refractivity contribution in [2.24, 2.45) is 0 Å². The number of benzene rings is 2. The average molecular weight is 355 g/mol. The van der Waals surface area contributed by atoms with Crippen LogP contribution in [0.3, 0.4) is 0 Å². The Morgan fingerprint density at radius 1 is 1.15 bits per heavy atom. The van der Waals surface area contributed by atoms with E-state index in [0.717, 1.165) is 31.0 Å². The smallest absolute Gasteiger partial charge is 0.231 e. The molecule has 2 aliphatic rings. The Hall–Kier alpha value is -2.56. The minimum Gasteiger partial charge on any atom is -0.454 e. The molecule has 4 nitrogen and oxygen atoms in total. The Bertz CT molecular complexity index is 808. The molecule has 2 aliphatic heterocycles. The van der Waals surface area contributed by atoms with Crippen molar-refractivity contribution in [1.29, 1.82) is 0 Å². The second-order valence-electron chi connectivity index (χ2n) is 6.88. The van der Waals surface area contributed by atoms with Gasteiger partial charge in [-0.05, 0) is 48.6 Å². The summed E-state index contributed by atoms with van der Waals surface area (Å²) >= 11 is 0. The summed E-state index contributed by atoms with van der Waals surface area (Å²) in [6, 6.07) is 12.8. The van der Waals surface area contributed by atoms with E-state index in [1.54, 1.807) is 12.1 Å². The Morgan fingerprint density at radius 2 is 2.00 bits per heavy atom. The van der Waals surface area contributed by atoms with Crippen molar-refractivity contribution in [2.75, 3.05) is 19.9 Å². The molecular formula is C21H22FNO3. The zero-order chi connectivity index (χ0) is 17.9. The van der Waals surface area contributed by atoms with E-state index in [9.17, 15) is 9.18 Å². The average Bonchev–Trinajstić information content (AvgIpc) is 3.32. The first-order valence-electron chi connectivity index (χ1n) is 9.11. The second kappa shape index (κ2) is 7.36. The summed E-state index contributed by atoms with van der Waals surface area (Å²) in [5.74, 6) is 1.87. The maximum atomic E-state index is 13.6. The van der Waals surface area contributed by atoms with Crippen LogP contribution in [0.2, 0.25) is 0 Å². The minimum absolute atomic E-state index is 0.157. The lowest BCUT2D eigenvalue weighted by Crippen LogP contribution is -2.28. The van der Waals surface area contributed by atoms with E-state index in [1.807, 2.05) is 23.1 Å². The highest BCUT2D eigenvalue weighted by atomic mass is 19.1. The molecule has 136 valence electrons. The summed E-state index contributed by atoms with van der Waals surface area (Å²) in [7, 11) is 0. The van der Waals surface area contributed by atoms with Crippen molar-refractivity contribution in [1.82, 2.24) is 4.90 Å². The van der Waals surface area contributed by atoms with E-state index in [4.69, 9.17) is 9.47 Å². The lowest BCUT2D eigenvalue weighted by atomic mass is 9.98. The fourth-order valence-corrected chi connectivity index (χ4v) is 3.72. The fraction of sp³-hybridized carbons (Fsp3) is 0.381. The first-order chi connectivity index (χ1) is 12.7. The number of hydrogen-bond donors (Lipinski definition) is 0. The van der Waals surface area contributed by atoms with E-state index in [0.29, 0.717) is 30.7 Å². The molecule has 2 aromatic carbocycles. The van der Waals surface area contributed by atoms with Gasteiger partial charge in [-0.25, -0.2) is 4.39 Å². The number of aryl methyl sites for hydroxylation is 1. The minimum atomic E-state index is -0.191. The predicted molar refractivity (Wildman–Crippen MR) is 95.8 cm³/mol. The number of ether oxygens (including phenoxy) is 2. The van der Waals surface area contributed by atoms with Gasteiger partial charge < -0.3 is 14.4 Å². The van der Waals surface area contributed by atoms with Gasteiger partial charge in [-0.15, -0.1) is 0 Å². The number of likely N-dealkylation sites (tertiary alicyclic amines) is 1. The summed E-state index contributed by atoms with van der Waals surface area (Å²) in [4.78, 5) is 14.4. The molecule has 2 aromatic rings. The molecule has 0 radical (unpaired) electrons. The lowest BCUT2D eigenvalue weighted by molar-refractivity contribution is -0.130. The molecule has 5 heteroatoms. The highest BCUT2D eigenvalue weighted by Gasteiger charge is 2.28. The molecule has 4 rings (SSSR count). The summed E-state index contributed by atoms with van der Waals surface area (Å²) < 4.78 is 24.4. The summed E-state index contributed by atoms with van der Waals surface area (Å²) in [5.41, 5.74) is 1.87. The zero-order valence-electron chi connectivity index (χ0n) is 14.6. The van der Waals surface area contributed by atoms with Crippen LogP contribution in [-0.2, 0) is 11.2 Å². The van der Waals surface area contributed by atoms with Gasteiger partial charge >= 0.3 is 0 Å². The molecule has 26 heavy (non-hydrogen) atoms. The maximum absolute atomic E-state index is 13.6. The molecule has 0 N–H and O–H groups in total. The van der Waals surface area contributed by atoms with Gasteiger partial charge in [0.15, 0.2) is 11.5 Å². The molecule has 0 spiro atoms. The first-order valence-corrected chi connectivity index (χ1v) is 9.11. The normalized spacial score (nSPS) is 18.3. The van der Waals surface area contributed by atoms with Crippen LogP contribution in [0, 0.1) is 5.82 Å². The molecule has 0 aromatic heterocycles. The van der Waals surface area contributed by atoms with Gasteiger partial charge in [-0.2, -0.15) is 0 Å². The van der Waals surface area contributed by atoms with E-state index in [-0.39, 0.29) is 18.5 Å². The number of halogens is 1. The molecule has 1 amide bonds. The molecule has 1 fully saturated rings. The SMILES string of the molecule is O=C(CCCc1ccccc1F)N1CCC(c2ccc3c(c2)OCO3)C1. The molecule has 0 saturated carbocycles. The van der Waals surface area contributed by atoms with Crippen molar-refractivity contribution in [3.05, 3.63) is 59.4 Å². The van der Waals surface area contributed by atoms with E-state index in [2.05, 4.69) is 6.07 Å². The summed E-state index contributed by atoms with van der Waals surface area (Å²) in [6.45, 7) is 1.78. The number of nitrogens with zero attached hydrogens (tertiary/aromatic N) is 1. The highest BCUT2D eigenvalue weighted by molar-refractivity contribution is 5.76. The van der Waals surface area contributed by atoms with Crippen molar-refractivity contribution in [2.45, 2.75) is 31.6 Å². The van der Waals surface area contributed by atoms with Gasteiger partial charge in [0, 0.05) is 25.4 Å². The molecule has 1 atom stereocenters. The maximum Gasteiger partial charge on any atom is 0.231 e. The molecule has 1 saturated heterocycles. The number of carbonyl (C=O) groups excluding carboxylic acids is 1. The van der Waals surface area contributed by atoms with Crippen molar-refractivity contribution in [3.63, 3.8) is 0 Å². The standard InChI is InChI=1S/C21H22FNO3/c22-18-6-2-1-4-15(18)5-3-7-21(24)23-11-10-17(13-23)16-8-9-19-20(12-16)26-14-25-19/h1-2,4,6,8-9,12,17H,3,5,7,10-11,13-14H2. The van der Waals surface area contributed by atoms with Crippen LogP contribution in [-0.4, -0.2) is 30.7 Å². The van der Waals surface area contributed by atoms with Crippen LogP contribution in [0.1, 0.15) is 36.3 Å². The number of amides is 1. The summed E-state index contributed by atoms with van der Waals surface area (Å²) in [5, 5.41) is 0. The van der Waals surface area contributed by atoms with Gasteiger partial charge in [0.1, 0.15) is 5.82 Å². The van der Waals surface area contributed by atoms with E-state index < -0.39 is 0 Å². The molecular weight excluding hydrogens is 333 g/mol. The van der Waals surface area contributed by atoms with Gasteiger partial charge in [-0.3, -0.25) is 4.79 Å². The topological polar surface area (TPSA) is 38.8 Å². The van der Waals surface area contributed by atoms with Crippen molar-refractivity contribution in [3.8, 4) is 11.5 Å². The molecule has 2 heterocycles. The van der Waals surface area contributed by atoms with E-state index in [1.165, 1.54) is 11.6 Å². The predicted octanol–water partition coefficient (Wildman–Crippen LogP) is 3.89. The van der Waals surface area contributed by atoms with Crippen molar-refractivity contribution < 1.29 is 18.7 Å². The third-order valence-electron chi connectivity index (χ3n) is 5.20. The zero-order valence-corrected chi connectivity index (χ0v) is 14.6. The number of carbonyl (C=O) groups is 1. The first kappa shape index (κ1) is 16.9. The Labute approximate surface area is 152 Å². The highest BCUT2D eigenvalue weighted by Crippen LogP contribution is 2.37. The fourth-order valence-electron chi connectivity index (χ4n) is 3.72. The van der Waals surface area contributed by atoms with Crippen LogP contribution >= 0.6 is 0 Å². The third-order valence-corrected chi connectivity index (χ3v) is 5.20. The van der Waals surface area contributed by atoms with Gasteiger partial charge in [0.25, 0.3) is 0 Å². The quantitative estimate of drug-likeness (QED) is 0.817. The Morgan fingerprint density at radius 3 is 2.88 bits per heavy atom. The third kappa shape index (κ3) is 3.52. The largest absolute Gasteiger partial charge is 0.454 e. The number of rotatable bonds is 5. The second-order valence-corrected chi connectivity index (χ2v) is 6.88. The van der Waals surface area contributed by atoms with Gasteiger partial charge in [0.05, 0.1) is 0 Å². The van der Waals surface area contributed by atoms with Crippen LogP contribution in [0.25, 0.3) is 0 Å². The number of hydrogen-bond acceptors (Lipinski definition) is 3. The Kier molecular flexibility index (Phi) is 4.78. The molecule has 1 unspecified atom stereocenters. The van der Waals surface area contributed by atoms with Crippen LogP contribution in [0.5, 0.6) is 11.5 Å². The molecule has 0 bridgehead atoms. The van der Waals surface area contributed by atoms with Gasteiger partial charge in [0.2, 0.25) is 12.7 Å². The van der Waals surface area contributed by atoms with Crippen LogP contribution < -0.4 is 9.47 Å². The van der Waals surface area contributed by atoms with Crippen LogP contribution in [0.4, 0.5) is 4.39 Å². The Balaban J connectivity index is 1.29. The summed E-state index contributed by atoms with van der Waals surface area (Å²) in [6.07, 6.45) is 2.68. The lowest BCUT2D eigenvalue weighted by Gasteiger charge is -2.17. The van der Waals surface area contributed by atoms with Gasteiger partial charge in [-0.1, -0.05) is 24.3 Å². The number of fused-ring (bicyclic) bond motifs is 1. The van der Waals surface area contributed by atoms with Crippen molar-refractivity contribution >= 4 is 5.91 Å². The van der Waals surface area contributed by atoms with E-state index >= 15 is 0 Å².